The SMILES string of the molecule is Cc1ccc(SCCNC(=O)CN(c2ccccc2)S(=O)(=O)c2ccc(C)cc2)cc1. The van der Waals surface area contributed by atoms with E-state index in [-0.39, 0.29) is 17.3 Å². The molecule has 0 saturated carbocycles. The first-order valence-corrected chi connectivity index (χ1v) is 12.4. The standard InChI is InChI=1S/C24H26N2O3S2/c1-19-8-12-22(13-9-19)30-17-16-25-24(27)18-26(21-6-4-3-5-7-21)31(28,29)23-14-10-20(2)11-15-23/h3-15H,16-18H2,1-2H3,(H,25,27). The average molecular weight is 455 g/mol. The van der Waals surface area contributed by atoms with Crippen LogP contribution in [0.3, 0.4) is 0 Å². The maximum Gasteiger partial charge on any atom is 0.264 e. The van der Waals surface area contributed by atoms with Crippen molar-refractivity contribution in [3.63, 3.8) is 0 Å². The highest BCUT2D eigenvalue weighted by Crippen LogP contribution is 2.23. The van der Waals surface area contributed by atoms with Crippen molar-refractivity contribution in [2.24, 2.45) is 0 Å². The van der Waals surface area contributed by atoms with Crippen LogP contribution in [0.2, 0.25) is 0 Å². The number of carbonyl (C=O) groups excluding carboxylic acids is 1. The summed E-state index contributed by atoms with van der Waals surface area (Å²) in [5.41, 5.74) is 2.62. The molecule has 1 amide bonds. The molecule has 5 nitrogen and oxygen atoms in total. The second kappa shape index (κ2) is 10.5. The van der Waals surface area contributed by atoms with Crippen LogP contribution in [0.5, 0.6) is 0 Å². The Balaban J connectivity index is 1.66. The van der Waals surface area contributed by atoms with Gasteiger partial charge in [-0.15, -0.1) is 11.8 Å². The number of anilines is 1. The summed E-state index contributed by atoms with van der Waals surface area (Å²) in [4.78, 5) is 13.9. The van der Waals surface area contributed by atoms with Crippen molar-refractivity contribution in [3.05, 3.63) is 90.0 Å². The first-order chi connectivity index (χ1) is 14.9. The van der Waals surface area contributed by atoms with Crippen LogP contribution in [0.1, 0.15) is 11.1 Å². The van der Waals surface area contributed by atoms with E-state index in [9.17, 15) is 13.2 Å². The fourth-order valence-electron chi connectivity index (χ4n) is 2.93. The smallest absolute Gasteiger partial charge is 0.264 e. The van der Waals surface area contributed by atoms with Crippen molar-refractivity contribution < 1.29 is 13.2 Å². The fraction of sp³-hybridized carbons (Fsp3) is 0.208. The van der Waals surface area contributed by atoms with Gasteiger partial charge in [-0.3, -0.25) is 9.10 Å². The van der Waals surface area contributed by atoms with Gasteiger partial charge in [0, 0.05) is 17.2 Å². The van der Waals surface area contributed by atoms with Crippen LogP contribution < -0.4 is 9.62 Å². The normalized spacial score (nSPS) is 11.2. The molecule has 0 aliphatic heterocycles. The van der Waals surface area contributed by atoms with Gasteiger partial charge in [0.15, 0.2) is 0 Å². The topological polar surface area (TPSA) is 66.5 Å². The Labute approximate surface area is 188 Å². The summed E-state index contributed by atoms with van der Waals surface area (Å²) in [6.07, 6.45) is 0. The van der Waals surface area contributed by atoms with Crippen LogP contribution in [-0.4, -0.2) is 33.2 Å². The lowest BCUT2D eigenvalue weighted by atomic mass is 10.2. The molecule has 0 aromatic heterocycles. The number of nitrogens with one attached hydrogen (secondary N) is 1. The van der Waals surface area contributed by atoms with Gasteiger partial charge in [-0.2, -0.15) is 0 Å². The number of thioether (sulfide) groups is 1. The third kappa shape index (κ3) is 6.35. The third-order valence-corrected chi connectivity index (χ3v) is 7.46. The minimum atomic E-state index is -3.88. The fourth-order valence-corrected chi connectivity index (χ4v) is 5.12. The number of nitrogens with zero attached hydrogens (tertiary/aromatic N) is 1. The van der Waals surface area contributed by atoms with Gasteiger partial charge < -0.3 is 5.32 Å². The molecule has 31 heavy (non-hydrogen) atoms. The number of sulfonamides is 1. The quantitative estimate of drug-likeness (QED) is 0.384. The van der Waals surface area contributed by atoms with Gasteiger partial charge in [0.2, 0.25) is 5.91 Å². The van der Waals surface area contributed by atoms with E-state index in [1.165, 1.54) is 5.56 Å². The van der Waals surface area contributed by atoms with Crippen molar-refractivity contribution in [1.29, 1.82) is 0 Å². The van der Waals surface area contributed by atoms with E-state index in [4.69, 9.17) is 0 Å². The van der Waals surface area contributed by atoms with E-state index in [0.717, 1.165) is 14.8 Å². The minimum Gasteiger partial charge on any atom is -0.354 e. The Kier molecular flexibility index (Phi) is 7.76. The van der Waals surface area contributed by atoms with E-state index < -0.39 is 10.0 Å². The van der Waals surface area contributed by atoms with Crippen LogP contribution >= 0.6 is 11.8 Å². The predicted molar refractivity (Wildman–Crippen MR) is 127 cm³/mol. The minimum absolute atomic E-state index is 0.157. The molecule has 0 radical (unpaired) electrons. The molecule has 1 N–H and O–H groups in total. The molecule has 0 heterocycles. The number of aryl methyl sites for hydroxylation is 2. The molecule has 3 aromatic rings. The zero-order valence-electron chi connectivity index (χ0n) is 17.6. The van der Waals surface area contributed by atoms with E-state index in [0.29, 0.717) is 18.0 Å². The van der Waals surface area contributed by atoms with Crippen LogP contribution in [0.25, 0.3) is 0 Å². The molecule has 3 rings (SSSR count). The van der Waals surface area contributed by atoms with Gasteiger partial charge in [0.05, 0.1) is 10.6 Å². The molecule has 0 spiro atoms. The van der Waals surface area contributed by atoms with Crippen LogP contribution in [0.4, 0.5) is 5.69 Å². The van der Waals surface area contributed by atoms with Crippen molar-refractivity contribution in [2.45, 2.75) is 23.6 Å². The zero-order chi connectivity index (χ0) is 22.3. The van der Waals surface area contributed by atoms with Crippen LogP contribution in [0.15, 0.2) is 88.7 Å². The highest BCUT2D eigenvalue weighted by atomic mass is 32.2. The Morgan fingerprint density at radius 2 is 1.45 bits per heavy atom. The summed E-state index contributed by atoms with van der Waals surface area (Å²) in [5.74, 6) is 0.356. The lowest BCUT2D eigenvalue weighted by molar-refractivity contribution is -0.119. The molecule has 0 unspecified atom stereocenters. The molecule has 0 bridgehead atoms. The first kappa shape index (κ1) is 22.9. The molecule has 0 aliphatic rings. The Morgan fingerprint density at radius 3 is 2.06 bits per heavy atom. The van der Waals surface area contributed by atoms with Gasteiger partial charge in [-0.1, -0.05) is 53.6 Å². The number of hydrogen-bond acceptors (Lipinski definition) is 4. The van der Waals surface area contributed by atoms with Gasteiger partial charge >= 0.3 is 0 Å². The molecule has 0 fully saturated rings. The lowest BCUT2D eigenvalue weighted by Gasteiger charge is -2.24. The summed E-state index contributed by atoms with van der Waals surface area (Å²) < 4.78 is 27.7. The van der Waals surface area contributed by atoms with E-state index in [1.807, 2.05) is 32.0 Å². The highest BCUT2D eigenvalue weighted by Gasteiger charge is 2.26. The van der Waals surface area contributed by atoms with E-state index >= 15 is 0 Å². The molecule has 7 heteroatoms. The van der Waals surface area contributed by atoms with Gasteiger partial charge in [0.1, 0.15) is 6.54 Å². The van der Waals surface area contributed by atoms with Gasteiger partial charge in [-0.05, 0) is 50.2 Å². The molecular formula is C24H26N2O3S2. The number of carbonyl (C=O) groups is 1. The van der Waals surface area contributed by atoms with Crippen molar-refractivity contribution in [1.82, 2.24) is 5.32 Å². The van der Waals surface area contributed by atoms with E-state index in [2.05, 4.69) is 17.4 Å². The highest BCUT2D eigenvalue weighted by molar-refractivity contribution is 7.99. The summed E-state index contributed by atoms with van der Waals surface area (Å²) in [6.45, 7) is 4.10. The van der Waals surface area contributed by atoms with Crippen LogP contribution in [0, 0.1) is 13.8 Å². The van der Waals surface area contributed by atoms with Crippen LogP contribution in [-0.2, 0) is 14.8 Å². The van der Waals surface area contributed by atoms with Crippen molar-refractivity contribution >= 4 is 33.4 Å². The number of benzene rings is 3. The predicted octanol–water partition coefficient (Wildman–Crippen LogP) is 4.41. The third-order valence-electron chi connectivity index (χ3n) is 4.65. The second-order valence-electron chi connectivity index (χ2n) is 7.17. The van der Waals surface area contributed by atoms with Gasteiger partial charge in [-0.25, -0.2) is 8.42 Å². The maximum absolute atomic E-state index is 13.3. The number of para-hydroxylation sites is 1. The van der Waals surface area contributed by atoms with Gasteiger partial charge in [0.25, 0.3) is 10.0 Å². The zero-order valence-corrected chi connectivity index (χ0v) is 19.2. The molecular weight excluding hydrogens is 428 g/mol. The molecule has 0 saturated heterocycles. The largest absolute Gasteiger partial charge is 0.354 e. The number of hydrogen-bond donors (Lipinski definition) is 1. The van der Waals surface area contributed by atoms with Crippen molar-refractivity contribution in [2.75, 3.05) is 23.1 Å². The maximum atomic E-state index is 13.3. The second-order valence-corrected chi connectivity index (χ2v) is 10.2. The summed E-state index contributed by atoms with van der Waals surface area (Å²) in [6, 6.07) is 23.5. The lowest BCUT2D eigenvalue weighted by Crippen LogP contribution is -2.41. The summed E-state index contributed by atoms with van der Waals surface area (Å²) >= 11 is 1.64. The molecule has 0 atom stereocenters. The summed E-state index contributed by atoms with van der Waals surface area (Å²) in [7, 11) is -3.88. The Bertz CT molecular complexity index is 1100. The van der Waals surface area contributed by atoms with Crippen molar-refractivity contribution in [3.8, 4) is 0 Å². The summed E-state index contributed by atoms with van der Waals surface area (Å²) in [5, 5.41) is 2.83. The first-order valence-electron chi connectivity index (χ1n) is 9.97. The average Bonchev–Trinajstić information content (AvgIpc) is 2.77. The Morgan fingerprint density at radius 1 is 0.871 bits per heavy atom. The molecule has 0 aliphatic carbocycles. The number of rotatable bonds is 9. The monoisotopic (exact) mass is 454 g/mol. The Hall–Kier alpha value is -2.77. The molecule has 3 aromatic carbocycles. The number of amides is 1. The molecule has 162 valence electrons. The van der Waals surface area contributed by atoms with E-state index in [1.54, 1.807) is 60.3 Å².